The Kier molecular flexibility index (Phi) is 8.07. The number of alkyl halides is 2. The van der Waals surface area contributed by atoms with Crippen molar-refractivity contribution in [2.45, 2.75) is 51.3 Å². The van der Waals surface area contributed by atoms with Gasteiger partial charge in [-0.15, -0.1) is 12.4 Å². The van der Waals surface area contributed by atoms with Gasteiger partial charge in [-0.05, 0) is 44.5 Å². The number of rotatable bonds is 6. The van der Waals surface area contributed by atoms with Crippen molar-refractivity contribution >= 4 is 40.8 Å². The molecule has 0 aliphatic carbocycles. The van der Waals surface area contributed by atoms with E-state index < -0.39 is 29.3 Å². The third-order valence-corrected chi connectivity index (χ3v) is 6.79. The molecule has 4 rings (SSSR count). The van der Waals surface area contributed by atoms with Gasteiger partial charge in [-0.2, -0.15) is 5.26 Å². The highest BCUT2D eigenvalue weighted by atomic mass is 35.5. The van der Waals surface area contributed by atoms with Crippen LogP contribution in [-0.2, 0) is 13.6 Å². The minimum atomic E-state index is -3.07. The van der Waals surface area contributed by atoms with Crippen molar-refractivity contribution in [1.82, 2.24) is 14.1 Å². The van der Waals surface area contributed by atoms with Gasteiger partial charge >= 0.3 is 5.69 Å². The number of hydrogen-bond acceptors (Lipinski definition) is 7. The highest BCUT2D eigenvalue weighted by molar-refractivity contribution is 5.85. The standard InChI is InChI=1S/C25H30F3N7O2.ClH/c1-14-12-34(13-20(30)25(14,27)28)22-15(11-29)9-17(26)21(32-22)31-16-5-6-18-19(10-16)35(23(36)33(18)4)8-7-24(2,3)37;/h5-6,9-10,14,20,37H,7-8,12-13,30H2,1-4H3,(H,31,32);1H/t14-,20+;/m1./s1. The summed E-state index contributed by atoms with van der Waals surface area (Å²) in [4.78, 5) is 18.5. The van der Waals surface area contributed by atoms with Crippen molar-refractivity contribution in [2.75, 3.05) is 23.3 Å². The normalized spacial score (nSPS) is 19.2. The topological polar surface area (TPSA) is 125 Å². The van der Waals surface area contributed by atoms with Crippen LogP contribution in [0, 0.1) is 23.1 Å². The third-order valence-electron chi connectivity index (χ3n) is 6.79. The van der Waals surface area contributed by atoms with Gasteiger partial charge in [0.05, 0.1) is 28.2 Å². The molecule has 1 fully saturated rings. The molecule has 2 aromatic heterocycles. The van der Waals surface area contributed by atoms with Gasteiger partial charge in [0.15, 0.2) is 11.6 Å². The number of aromatic nitrogens is 3. The lowest BCUT2D eigenvalue weighted by atomic mass is 9.91. The molecule has 3 aromatic rings. The number of piperidine rings is 1. The Morgan fingerprint density at radius 3 is 2.58 bits per heavy atom. The lowest BCUT2D eigenvalue weighted by Crippen LogP contribution is -2.60. The van der Waals surface area contributed by atoms with Gasteiger partial charge in [-0.3, -0.25) is 9.13 Å². The van der Waals surface area contributed by atoms with E-state index >= 15 is 0 Å². The van der Waals surface area contributed by atoms with Gasteiger partial charge < -0.3 is 21.1 Å². The second kappa shape index (κ2) is 10.5. The summed E-state index contributed by atoms with van der Waals surface area (Å²) in [6.07, 6.45) is 0.342. The SMILES string of the molecule is C[C@@H]1CN(c2nc(Nc3ccc4c(c3)n(CCC(C)(C)O)c(=O)n4C)c(F)cc2C#N)C[C@H](N)C1(F)F.Cl. The highest BCUT2D eigenvalue weighted by Gasteiger charge is 2.48. The first-order valence-electron chi connectivity index (χ1n) is 11.9. The number of anilines is 3. The summed E-state index contributed by atoms with van der Waals surface area (Å²) in [5, 5.41) is 22.5. The smallest absolute Gasteiger partial charge is 0.328 e. The summed E-state index contributed by atoms with van der Waals surface area (Å²) in [7, 11) is 1.64. The number of aryl methyl sites for hydroxylation is 2. The van der Waals surface area contributed by atoms with Gasteiger partial charge in [0.25, 0.3) is 5.92 Å². The van der Waals surface area contributed by atoms with E-state index in [0.717, 1.165) is 6.07 Å². The fourth-order valence-corrected chi connectivity index (χ4v) is 4.54. The molecule has 3 heterocycles. The number of nitrogens with one attached hydrogen (secondary N) is 1. The molecule has 0 amide bonds. The molecule has 1 aromatic carbocycles. The summed E-state index contributed by atoms with van der Waals surface area (Å²) in [5.41, 5.74) is 6.04. The third kappa shape index (κ3) is 5.45. The molecule has 0 radical (unpaired) electrons. The largest absolute Gasteiger partial charge is 0.390 e. The molecular formula is C25H31ClF3N7O2. The van der Waals surface area contributed by atoms with E-state index in [0.29, 0.717) is 23.1 Å². The fourth-order valence-electron chi connectivity index (χ4n) is 4.54. The van der Waals surface area contributed by atoms with Gasteiger partial charge in [-0.1, -0.05) is 6.92 Å². The Morgan fingerprint density at radius 1 is 1.29 bits per heavy atom. The maximum absolute atomic E-state index is 14.9. The molecule has 13 heteroatoms. The molecular weight excluding hydrogens is 523 g/mol. The number of fused-ring (bicyclic) bond motifs is 1. The number of nitrogens with two attached hydrogens (primary N) is 1. The van der Waals surface area contributed by atoms with Crippen LogP contribution >= 0.6 is 12.4 Å². The van der Waals surface area contributed by atoms with Gasteiger partial charge in [0.2, 0.25) is 0 Å². The van der Waals surface area contributed by atoms with Crippen LogP contribution in [0.2, 0.25) is 0 Å². The summed E-state index contributed by atoms with van der Waals surface area (Å²) < 4.78 is 46.5. The Hall–Kier alpha value is -3.27. The molecule has 1 aliphatic rings. The van der Waals surface area contributed by atoms with Crippen molar-refractivity contribution in [2.24, 2.45) is 18.7 Å². The predicted octanol–water partition coefficient (Wildman–Crippen LogP) is 3.49. The molecule has 0 unspecified atom stereocenters. The Labute approximate surface area is 224 Å². The van der Waals surface area contributed by atoms with E-state index in [-0.39, 0.29) is 54.9 Å². The number of halogens is 4. The molecule has 0 bridgehead atoms. The van der Waals surface area contributed by atoms with Crippen LogP contribution in [0.15, 0.2) is 29.1 Å². The van der Waals surface area contributed by atoms with Crippen LogP contribution in [0.1, 0.15) is 32.8 Å². The average Bonchev–Trinajstić information content (AvgIpc) is 3.05. The highest BCUT2D eigenvalue weighted by Crippen LogP contribution is 2.36. The minimum absolute atomic E-state index is 0. The quantitative estimate of drug-likeness (QED) is 0.427. The number of hydrogen-bond donors (Lipinski definition) is 3. The predicted molar refractivity (Wildman–Crippen MR) is 142 cm³/mol. The van der Waals surface area contributed by atoms with E-state index in [1.165, 1.54) is 21.0 Å². The fraction of sp³-hybridized carbons (Fsp3) is 0.480. The summed E-state index contributed by atoms with van der Waals surface area (Å²) >= 11 is 0. The maximum atomic E-state index is 14.9. The monoisotopic (exact) mass is 553 g/mol. The number of aliphatic hydroxyl groups is 1. The first-order valence-corrected chi connectivity index (χ1v) is 11.9. The number of imidazole rings is 1. The van der Waals surface area contributed by atoms with Gasteiger partial charge in [0.1, 0.15) is 11.9 Å². The molecule has 1 saturated heterocycles. The molecule has 1 aliphatic heterocycles. The van der Waals surface area contributed by atoms with Crippen LogP contribution < -0.4 is 21.6 Å². The van der Waals surface area contributed by atoms with Crippen molar-refractivity contribution in [3.8, 4) is 6.07 Å². The number of benzene rings is 1. The first-order chi connectivity index (χ1) is 17.2. The lowest BCUT2D eigenvalue weighted by molar-refractivity contribution is -0.0807. The zero-order chi connectivity index (χ0) is 27.3. The molecule has 9 nitrogen and oxygen atoms in total. The number of nitriles is 1. The molecule has 38 heavy (non-hydrogen) atoms. The zero-order valence-electron chi connectivity index (χ0n) is 21.5. The molecule has 4 N–H and O–H groups in total. The Balaban J connectivity index is 0.00000400. The second-order valence-corrected chi connectivity index (χ2v) is 10.3. The van der Waals surface area contributed by atoms with Crippen LogP contribution in [0.4, 0.5) is 30.5 Å². The first kappa shape index (κ1) is 29.3. The molecule has 0 spiro atoms. The van der Waals surface area contributed by atoms with E-state index in [9.17, 15) is 28.3 Å². The molecule has 206 valence electrons. The minimum Gasteiger partial charge on any atom is -0.390 e. The van der Waals surface area contributed by atoms with Crippen LogP contribution in [-0.4, -0.2) is 49.9 Å². The maximum Gasteiger partial charge on any atom is 0.328 e. The average molecular weight is 554 g/mol. The van der Waals surface area contributed by atoms with Crippen molar-refractivity contribution < 1.29 is 18.3 Å². The lowest BCUT2D eigenvalue weighted by Gasteiger charge is -2.41. The summed E-state index contributed by atoms with van der Waals surface area (Å²) in [5.74, 6) is -5.10. The van der Waals surface area contributed by atoms with E-state index in [4.69, 9.17) is 5.73 Å². The van der Waals surface area contributed by atoms with Crippen molar-refractivity contribution in [1.29, 1.82) is 5.26 Å². The Bertz CT molecular complexity index is 1430. The molecule has 2 atom stereocenters. The van der Waals surface area contributed by atoms with Crippen molar-refractivity contribution in [3.05, 3.63) is 46.1 Å². The second-order valence-electron chi connectivity index (χ2n) is 10.3. The Morgan fingerprint density at radius 2 is 1.97 bits per heavy atom. The van der Waals surface area contributed by atoms with Crippen LogP contribution in [0.3, 0.4) is 0 Å². The van der Waals surface area contributed by atoms with E-state index in [1.807, 2.05) is 6.07 Å². The van der Waals surface area contributed by atoms with E-state index in [1.54, 1.807) is 39.1 Å². The number of nitrogens with zero attached hydrogens (tertiary/aromatic N) is 5. The van der Waals surface area contributed by atoms with Gasteiger partial charge in [0, 0.05) is 38.3 Å². The summed E-state index contributed by atoms with van der Waals surface area (Å²) in [6, 6.07) is 6.45. The zero-order valence-corrected chi connectivity index (χ0v) is 22.3. The summed E-state index contributed by atoms with van der Waals surface area (Å²) in [6.45, 7) is 4.61. The number of pyridine rings is 1. The molecule has 0 saturated carbocycles. The van der Waals surface area contributed by atoms with Crippen molar-refractivity contribution in [3.63, 3.8) is 0 Å². The van der Waals surface area contributed by atoms with Crippen LogP contribution in [0.25, 0.3) is 11.0 Å². The van der Waals surface area contributed by atoms with Gasteiger partial charge in [-0.25, -0.2) is 22.9 Å². The van der Waals surface area contributed by atoms with E-state index in [2.05, 4.69) is 10.3 Å². The van der Waals surface area contributed by atoms with Crippen LogP contribution in [0.5, 0.6) is 0 Å².